The molecule has 1 rings (SSSR count). The Balaban J connectivity index is 2.54. The SMILES string of the molecule is CC#CC#CC#C/C=C1\C=C[C@H](O)CO1. The normalized spacial score (nSPS) is 19.9. The summed E-state index contributed by atoms with van der Waals surface area (Å²) in [6.07, 6.45) is 4.43. The van der Waals surface area contributed by atoms with Gasteiger partial charge in [-0.1, -0.05) is 11.8 Å². The number of ether oxygens (including phenoxy) is 1. The van der Waals surface area contributed by atoms with E-state index in [9.17, 15) is 0 Å². The lowest BCUT2D eigenvalue weighted by Gasteiger charge is -2.13. The maximum absolute atomic E-state index is 9.08. The summed E-state index contributed by atoms with van der Waals surface area (Å²) >= 11 is 0. The molecule has 1 aliphatic rings. The van der Waals surface area contributed by atoms with Crippen LogP contribution in [0.2, 0.25) is 0 Å². The van der Waals surface area contributed by atoms with Crippen molar-refractivity contribution in [2.24, 2.45) is 0 Å². The third-order valence-corrected chi connectivity index (χ3v) is 1.50. The van der Waals surface area contributed by atoms with Crippen molar-refractivity contribution in [2.45, 2.75) is 13.0 Å². The van der Waals surface area contributed by atoms with Crippen LogP contribution in [0.4, 0.5) is 0 Å². The molecule has 0 saturated heterocycles. The first kappa shape index (κ1) is 11.0. The molecule has 15 heavy (non-hydrogen) atoms. The fourth-order valence-corrected chi connectivity index (χ4v) is 0.849. The highest BCUT2D eigenvalue weighted by Crippen LogP contribution is 2.07. The fourth-order valence-electron chi connectivity index (χ4n) is 0.849. The molecule has 0 aromatic heterocycles. The second kappa shape index (κ2) is 6.39. The van der Waals surface area contributed by atoms with Crippen molar-refractivity contribution in [3.63, 3.8) is 0 Å². The van der Waals surface area contributed by atoms with E-state index in [4.69, 9.17) is 9.84 Å². The standard InChI is InChI=1S/C13H10O2/c1-2-3-4-5-6-7-8-13-10-9-12(14)11-15-13/h8-10,12,14H,11H2,1H3/b13-8+/t12-/m0/s1. The molecule has 0 spiro atoms. The molecule has 74 valence electrons. The van der Waals surface area contributed by atoms with Crippen molar-refractivity contribution in [3.8, 4) is 35.5 Å². The first-order valence-electron chi connectivity index (χ1n) is 4.44. The first-order chi connectivity index (χ1) is 7.33. The summed E-state index contributed by atoms with van der Waals surface area (Å²) < 4.78 is 5.16. The van der Waals surface area contributed by atoms with Crippen LogP contribution >= 0.6 is 0 Å². The van der Waals surface area contributed by atoms with Gasteiger partial charge in [-0.05, 0) is 42.8 Å². The van der Waals surface area contributed by atoms with Gasteiger partial charge in [0, 0.05) is 6.08 Å². The molecular formula is C13H10O2. The second-order valence-corrected chi connectivity index (χ2v) is 2.68. The number of aliphatic hydroxyl groups is 1. The smallest absolute Gasteiger partial charge is 0.127 e. The van der Waals surface area contributed by atoms with E-state index >= 15 is 0 Å². The monoisotopic (exact) mass is 198 g/mol. The van der Waals surface area contributed by atoms with E-state index in [0.717, 1.165) is 0 Å². The van der Waals surface area contributed by atoms with Gasteiger partial charge in [-0.2, -0.15) is 0 Å². The van der Waals surface area contributed by atoms with Crippen molar-refractivity contribution in [2.75, 3.05) is 6.61 Å². The molecule has 0 aliphatic carbocycles. The Morgan fingerprint density at radius 1 is 1.40 bits per heavy atom. The Morgan fingerprint density at radius 2 is 2.20 bits per heavy atom. The summed E-state index contributed by atoms with van der Waals surface area (Å²) in [6.45, 7) is 1.99. The molecule has 0 fully saturated rings. The quantitative estimate of drug-likeness (QED) is 0.585. The average Bonchev–Trinajstić information content (AvgIpc) is 2.26. The van der Waals surface area contributed by atoms with Crippen LogP contribution < -0.4 is 0 Å². The van der Waals surface area contributed by atoms with Crippen molar-refractivity contribution in [1.29, 1.82) is 0 Å². The summed E-state index contributed by atoms with van der Waals surface area (Å²) in [7, 11) is 0. The van der Waals surface area contributed by atoms with Crippen LogP contribution in [-0.4, -0.2) is 17.8 Å². The molecule has 1 N–H and O–H groups in total. The lowest BCUT2D eigenvalue weighted by atomic mass is 10.2. The molecule has 0 radical (unpaired) electrons. The van der Waals surface area contributed by atoms with E-state index in [1.165, 1.54) is 0 Å². The summed E-state index contributed by atoms with van der Waals surface area (Å²) in [5.74, 6) is 16.3. The van der Waals surface area contributed by atoms with Crippen LogP contribution in [0.3, 0.4) is 0 Å². The number of hydrogen-bond donors (Lipinski definition) is 1. The molecule has 0 amide bonds. The van der Waals surface area contributed by atoms with Crippen molar-refractivity contribution in [3.05, 3.63) is 24.0 Å². The Bertz CT molecular complexity index is 450. The highest BCUT2D eigenvalue weighted by Gasteiger charge is 2.06. The third kappa shape index (κ3) is 4.63. The average molecular weight is 198 g/mol. The van der Waals surface area contributed by atoms with E-state index in [1.807, 2.05) is 0 Å². The predicted octanol–water partition coefficient (Wildman–Crippen LogP) is 0.848. The number of allylic oxidation sites excluding steroid dienone is 2. The van der Waals surface area contributed by atoms with Crippen LogP contribution in [-0.2, 0) is 4.74 Å². The Kier molecular flexibility index (Phi) is 4.68. The Morgan fingerprint density at radius 3 is 2.87 bits per heavy atom. The van der Waals surface area contributed by atoms with Gasteiger partial charge in [-0.15, -0.1) is 0 Å². The van der Waals surface area contributed by atoms with E-state index in [2.05, 4.69) is 35.5 Å². The molecule has 1 heterocycles. The maximum atomic E-state index is 9.08. The highest BCUT2D eigenvalue weighted by atomic mass is 16.5. The van der Waals surface area contributed by atoms with Crippen LogP contribution in [0.1, 0.15) is 6.92 Å². The van der Waals surface area contributed by atoms with Gasteiger partial charge in [0.15, 0.2) is 0 Å². The van der Waals surface area contributed by atoms with E-state index < -0.39 is 6.10 Å². The van der Waals surface area contributed by atoms with E-state index in [1.54, 1.807) is 25.2 Å². The molecule has 0 aromatic carbocycles. The van der Waals surface area contributed by atoms with Gasteiger partial charge < -0.3 is 9.84 Å². The van der Waals surface area contributed by atoms with Gasteiger partial charge in [0.25, 0.3) is 0 Å². The molecule has 1 atom stereocenters. The maximum Gasteiger partial charge on any atom is 0.127 e. The van der Waals surface area contributed by atoms with Crippen LogP contribution in [0.15, 0.2) is 24.0 Å². The minimum absolute atomic E-state index is 0.275. The van der Waals surface area contributed by atoms with Gasteiger partial charge in [0.2, 0.25) is 0 Å². The lowest BCUT2D eigenvalue weighted by molar-refractivity contribution is 0.0966. The van der Waals surface area contributed by atoms with E-state index in [0.29, 0.717) is 5.76 Å². The highest BCUT2D eigenvalue weighted by molar-refractivity contribution is 5.38. The molecule has 2 nitrogen and oxygen atoms in total. The zero-order valence-corrected chi connectivity index (χ0v) is 8.37. The zero-order chi connectivity index (χ0) is 10.9. The van der Waals surface area contributed by atoms with Crippen LogP contribution in [0.5, 0.6) is 0 Å². The van der Waals surface area contributed by atoms with Crippen molar-refractivity contribution in [1.82, 2.24) is 0 Å². The second-order valence-electron chi connectivity index (χ2n) is 2.68. The van der Waals surface area contributed by atoms with Gasteiger partial charge >= 0.3 is 0 Å². The van der Waals surface area contributed by atoms with Gasteiger partial charge in [-0.3, -0.25) is 0 Å². The third-order valence-electron chi connectivity index (χ3n) is 1.50. The molecule has 0 aromatic rings. The molecular weight excluding hydrogens is 188 g/mol. The van der Waals surface area contributed by atoms with E-state index in [-0.39, 0.29) is 6.61 Å². The molecule has 0 bridgehead atoms. The summed E-state index contributed by atoms with van der Waals surface area (Å²) in [4.78, 5) is 0. The Labute approximate surface area is 89.6 Å². The minimum atomic E-state index is -0.519. The first-order valence-corrected chi connectivity index (χ1v) is 4.44. The van der Waals surface area contributed by atoms with Gasteiger partial charge in [0.1, 0.15) is 18.5 Å². The summed E-state index contributed by atoms with van der Waals surface area (Å²) in [5, 5.41) is 9.08. The fraction of sp³-hybridized carbons (Fsp3) is 0.231. The molecule has 0 unspecified atom stereocenters. The van der Waals surface area contributed by atoms with Gasteiger partial charge in [0.05, 0.1) is 0 Å². The number of hydrogen-bond acceptors (Lipinski definition) is 2. The molecule has 1 aliphatic heterocycles. The largest absolute Gasteiger partial charge is 0.490 e. The molecule has 0 saturated carbocycles. The summed E-state index contributed by atoms with van der Waals surface area (Å²) in [5.41, 5.74) is 0. The Hall–Kier alpha value is -2.08. The molecule has 2 heteroatoms. The van der Waals surface area contributed by atoms with Crippen LogP contribution in [0.25, 0.3) is 0 Å². The topological polar surface area (TPSA) is 29.5 Å². The summed E-state index contributed by atoms with van der Waals surface area (Å²) in [6, 6.07) is 0. The minimum Gasteiger partial charge on any atom is -0.490 e. The lowest BCUT2D eigenvalue weighted by Crippen LogP contribution is -2.15. The van der Waals surface area contributed by atoms with Crippen LogP contribution in [0, 0.1) is 35.5 Å². The van der Waals surface area contributed by atoms with Crippen molar-refractivity contribution < 1.29 is 9.84 Å². The zero-order valence-electron chi connectivity index (χ0n) is 8.37. The number of aliphatic hydroxyl groups excluding tert-OH is 1. The number of rotatable bonds is 0. The van der Waals surface area contributed by atoms with Gasteiger partial charge in [-0.25, -0.2) is 0 Å². The van der Waals surface area contributed by atoms with Crippen molar-refractivity contribution >= 4 is 0 Å². The predicted molar refractivity (Wildman–Crippen MR) is 58.2 cm³/mol.